The van der Waals surface area contributed by atoms with Crippen molar-refractivity contribution in [2.75, 3.05) is 6.54 Å². The predicted molar refractivity (Wildman–Crippen MR) is 101 cm³/mol. The summed E-state index contributed by atoms with van der Waals surface area (Å²) in [7, 11) is -2.05. The SMILES string of the molecule is Cc1ccc(CCCCNS(=O)(=O)c2ccc3c(c2)oc(=O)n3C)cc1. The Labute approximate surface area is 152 Å². The second-order valence-electron chi connectivity index (χ2n) is 6.40. The van der Waals surface area contributed by atoms with Gasteiger partial charge >= 0.3 is 5.76 Å². The van der Waals surface area contributed by atoms with Crippen LogP contribution in [0.15, 0.2) is 56.6 Å². The zero-order chi connectivity index (χ0) is 18.7. The van der Waals surface area contributed by atoms with Gasteiger partial charge < -0.3 is 4.42 Å². The quantitative estimate of drug-likeness (QED) is 0.645. The van der Waals surface area contributed by atoms with E-state index >= 15 is 0 Å². The summed E-state index contributed by atoms with van der Waals surface area (Å²) in [6.07, 6.45) is 2.57. The van der Waals surface area contributed by atoms with Crippen LogP contribution in [-0.2, 0) is 23.5 Å². The smallest absolute Gasteiger partial charge is 0.408 e. The molecule has 1 N–H and O–H groups in total. The van der Waals surface area contributed by atoms with Crippen LogP contribution in [0.1, 0.15) is 24.0 Å². The van der Waals surface area contributed by atoms with Gasteiger partial charge in [0.25, 0.3) is 0 Å². The summed E-state index contributed by atoms with van der Waals surface area (Å²) >= 11 is 0. The molecule has 0 unspecified atom stereocenters. The van der Waals surface area contributed by atoms with E-state index in [4.69, 9.17) is 4.42 Å². The molecular formula is C19H22N2O4S. The molecule has 0 bridgehead atoms. The molecule has 0 fully saturated rings. The number of aryl methyl sites for hydroxylation is 3. The number of fused-ring (bicyclic) bond motifs is 1. The molecule has 0 saturated carbocycles. The maximum atomic E-state index is 12.4. The first-order valence-electron chi connectivity index (χ1n) is 8.51. The summed E-state index contributed by atoms with van der Waals surface area (Å²) in [4.78, 5) is 11.6. The Kier molecular flexibility index (Phi) is 5.29. The van der Waals surface area contributed by atoms with E-state index in [2.05, 4.69) is 35.9 Å². The number of benzene rings is 2. The Hall–Kier alpha value is -2.38. The molecule has 0 aliphatic heterocycles. The van der Waals surface area contributed by atoms with Crippen molar-refractivity contribution in [2.24, 2.45) is 7.05 Å². The van der Waals surface area contributed by atoms with E-state index in [1.807, 2.05) is 0 Å². The highest BCUT2D eigenvalue weighted by Gasteiger charge is 2.16. The summed E-state index contributed by atoms with van der Waals surface area (Å²) < 4.78 is 33.8. The Balaban J connectivity index is 1.57. The minimum atomic E-state index is -3.63. The standard InChI is InChI=1S/C19H22N2O4S/c1-14-6-8-15(9-7-14)5-3-4-12-20-26(23,24)16-10-11-17-18(13-16)25-19(22)21(17)2/h6-11,13,20H,3-5,12H2,1-2H3. The molecule has 0 amide bonds. The van der Waals surface area contributed by atoms with E-state index in [9.17, 15) is 13.2 Å². The summed E-state index contributed by atoms with van der Waals surface area (Å²) in [6.45, 7) is 2.42. The first kappa shape index (κ1) is 18.4. The molecule has 2 aromatic carbocycles. The van der Waals surface area contributed by atoms with Gasteiger partial charge in [-0.1, -0.05) is 29.8 Å². The Morgan fingerprint density at radius 3 is 2.54 bits per heavy atom. The molecule has 1 aromatic heterocycles. The molecule has 3 aromatic rings. The van der Waals surface area contributed by atoms with Gasteiger partial charge in [-0.2, -0.15) is 0 Å². The minimum absolute atomic E-state index is 0.0953. The third-order valence-corrected chi connectivity index (χ3v) is 5.84. The highest BCUT2D eigenvalue weighted by molar-refractivity contribution is 7.89. The fourth-order valence-electron chi connectivity index (χ4n) is 2.78. The van der Waals surface area contributed by atoms with Crippen LogP contribution in [0.25, 0.3) is 11.1 Å². The van der Waals surface area contributed by atoms with Crippen molar-refractivity contribution in [1.29, 1.82) is 0 Å². The van der Waals surface area contributed by atoms with Crippen LogP contribution < -0.4 is 10.5 Å². The van der Waals surface area contributed by atoms with E-state index in [0.29, 0.717) is 12.1 Å². The molecule has 0 aliphatic rings. The number of sulfonamides is 1. The number of nitrogens with one attached hydrogen (secondary N) is 1. The fourth-order valence-corrected chi connectivity index (χ4v) is 3.87. The van der Waals surface area contributed by atoms with Crippen LogP contribution >= 0.6 is 0 Å². The molecule has 0 radical (unpaired) electrons. The maximum Gasteiger partial charge on any atom is 0.419 e. The van der Waals surface area contributed by atoms with E-state index in [-0.39, 0.29) is 10.5 Å². The average molecular weight is 374 g/mol. The number of hydrogen-bond acceptors (Lipinski definition) is 4. The van der Waals surface area contributed by atoms with E-state index in [0.717, 1.165) is 19.3 Å². The zero-order valence-corrected chi connectivity index (χ0v) is 15.7. The number of hydrogen-bond donors (Lipinski definition) is 1. The number of unbranched alkanes of at least 4 members (excludes halogenated alkanes) is 1. The number of rotatable bonds is 7. The maximum absolute atomic E-state index is 12.4. The minimum Gasteiger partial charge on any atom is -0.408 e. The lowest BCUT2D eigenvalue weighted by molar-refractivity contribution is 0.527. The molecule has 0 spiro atoms. The molecular weight excluding hydrogens is 352 g/mol. The number of oxazole rings is 1. The van der Waals surface area contributed by atoms with Crippen molar-refractivity contribution in [3.8, 4) is 0 Å². The van der Waals surface area contributed by atoms with Gasteiger partial charge in [0.05, 0.1) is 10.4 Å². The second kappa shape index (κ2) is 7.47. The van der Waals surface area contributed by atoms with E-state index in [1.54, 1.807) is 13.1 Å². The molecule has 0 saturated heterocycles. The Morgan fingerprint density at radius 2 is 1.81 bits per heavy atom. The van der Waals surface area contributed by atoms with Gasteiger partial charge in [-0.05, 0) is 43.9 Å². The zero-order valence-electron chi connectivity index (χ0n) is 14.9. The van der Waals surface area contributed by atoms with Crippen molar-refractivity contribution in [3.05, 3.63) is 64.1 Å². The van der Waals surface area contributed by atoms with E-state index in [1.165, 1.54) is 27.8 Å². The van der Waals surface area contributed by atoms with Crippen molar-refractivity contribution in [1.82, 2.24) is 9.29 Å². The van der Waals surface area contributed by atoms with Gasteiger partial charge in [0, 0.05) is 19.7 Å². The summed E-state index contributed by atoms with van der Waals surface area (Å²) in [5, 5.41) is 0. The molecule has 0 aliphatic carbocycles. The fraction of sp³-hybridized carbons (Fsp3) is 0.316. The lowest BCUT2D eigenvalue weighted by atomic mass is 10.1. The number of aromatic nitrogens is 1. The predicted octanol–water partition coefficient (Wildman–Crippen LogP) is 2.74. The molecule has 3 rings (SSSR count). The van der Waals surface area contributed by atoms with Gasteiger partial charge in [0.2, 0.25) is 10.0 Å². The normalized spacial score (nSPS) is 11.9. The van der Waals surface area contributed by atoms with Gasteiger partial charge in [0.15, 0.2) is 5.58 Å². The first-order valence-corrected chi connectivity index (χ1v) is 10.00. The third kappa shape index (κ3) is 4.05. The first-order chi connectivity index (χ1) is 12.4. The molecule has 1 heterocycles. The lowest BCUT2D eigenvalue weighted by Crippen LogP contribution is -2.24. The molecule has 26 heavy (non-hydrogen) atoms. The van der Waals surface area contributed by atoms with Crippen LogP contribution in [0.3, 0.4) is 0 Å². The van der Waals surface area contributed by atoms with Crippen LogP contribution in [-0.4, -0.2) is 19.5 Å². The van der Waals surface area contributed by atoms with Crippen molar-refractivity contribution < 1.29 is 12.8 Å². The summed E-state index contributed by atoms with van der Waals surface area (Å²) in [6, 6.07) is 12.8. The van der Waals surface area contributed by atoms with Crippen molar-refractivity contribution in [3.63, 3.8) is 0 Å². The van der Waals surface area contributed by atoms with Crippen LogP contribution in [0.2, 0.25) is 0 Å². The van der Waals surface area contributed by atoms with Crippen LogP contribution in [0, 0.1) is 6.92 Å². The lowest BCUT2D eigenvalue weighted by Gasteiger charge is -2.07. The van der Waals surface area contributed by atoms with Gasteiger partial charge in [-0.15, -0.1) is 0 Å². The molecule has 6 nitrogen and oxygen atoms in total. The average Bonchev–Trinajstić information content (AvgIpc) is 2.90. The van der Waals surface area contributed by atoms with Gasteiger partial charge in [0.1, 0.15) is 0 Å². The summed E-state index contributed by atoms with van der Waals surface area (Å²) in [5.74, 6) is -0.515. The molecule has 138 valence electrons. The van der Waals surface area contributed by atoms with E-state index < -0.39 is 15.8 Å². The topological polar surface area (TPSA) is 81.3 Å². The third-order valence-electron chi connectivity index (χ3n) is 4.38. The molecule has 0 atom stereocenters. The Morgan fingerprint density at radius 1 is 1.08 bits per heavy atom. The molecule has 7 heteroatoms. The van der Waals surface area contributed by atoms with Gasteiger partial charge in [-0.25, -0.2) is 17.9 Å². The number of nitrogens with zero attached hydrogens (tertiary/aromatic N) is 1. The van der Waals surface area contributed by atoms with Crippen LogP contribution in [0.5, 0.6) is 0 Å². The van der Waals surface area contributed by atoms with Crippen LogP contribution in [0.4, 0.5) is 0 Å². The van der Waals surface area contributed by atoms with Crippen molar-refractivity contribution >= 4 is 21.1 Å². The van der Waals surface area contributed by atoms with Crippen molar-refractivity contribution in [2.45, 2.75) is 31.1 Å². The second-order valence-corrected chi connectivity index (χ2v) is 8.16. The highest BCUT2D eigenvalue weighted by Crippen LogP contribution is 2.18. The highest BCUT2D eigenvalue weighted by atomic mass is 32.2. The summed E-state index contributed by atoms with van der Waals surface area (Å²) in [5.41, 5.74) is 3.31. The largest absolute Gasteiger partial charge is 0.419 e. The Bertz CT molecular complexity index is 1060. The monoisotopic (exact) mass is 374 g/mol. The van der Waals surface area contributed by atoms with Gasteiger partial charge in [-0.3, -0.25) is 4.57 Å².